The van der Waals surface area contributed by atoms with Crippen molar-refractivity contribution in [3.63, 3.8) is 0 Å². The zero-order valence-electron chi connectivity index (χ0n) is 18.6. The van der Waals surface area contributed by atoms with Crippen molar-refractivity contribution in [2.75, 3.05) is 21.3 Å². The Bertz CT molecular complexity index is 1070. The second-order valence-corrected chi connectivity index (χ2v) is 8.27. The van der Waals surface area contributed by atoms with E-state index in [4.69, 9.17) is 14.2 Å². The van der Waals surface area contributed by atoms with Crippen molar-refractivity contribution < 1.29 is 14.2 Å². The van der Waals surface area contributed by atoms with Gasteiger partial charge in [-0.25, -0.2) is 9.50 Å². The number of rotatable bonds is 7. The molecule has 0 spiro atoms. The third-order valence-electron chi connectivity index (χ3n) is 5.06. The molecule has 0 aliphatic rings. The summed E-state index contributed by atoms with van der Waals surface area (Å²) in [5.41, 5.74) is 2.99. The second kappa shape index (κ2) is 8.39. The Morgan fingerprint density at radius 3 is 2.23 bits per heavy atom. The quantitative estimate of drug-likeness (QED) is 0.617. The number of methoxy groups -OCH3 is 3. The summed E-state index contributed by atoms with van der Waals surface area (Å²) in [6.45, 7) is 8.79. The van der Waals surface area contributed by atoms with Crippen molar-refractivity contribution in [1.29, 1.82) is 0 Å². The highest BCUT2D eigenvalue weighted by Gasteiger charge is 2.19. The zero-order chi connectivity index (χ0) is 22.1. The maximum atomic E-state index is 12.6. The number of hydrogen-bond donors (Lipinski definition) is 2. The first-order valence-corrected chi connectivity index (χ1v) is 9.83. The van der Waals surface area contributed by atoms with E-state index >= 15 is 0 Å². The van der Waals surface area contributed by atoms with Crippen LogP contribution in [-0.4, -0.2) is 35.9 Å². The minimum absolute atomic E-state index is 0.101. The summed E-state index contributed by atoms with van der Waals surface area (Å²) < 4.78 is 17.7. The van der Waals surface area contributed by atoms with Crippen LogP contribution in [0.2, 0.25) is 0 Å². The third kappa shape index (κ3) is 4.28. The summed E-state index contributed by atoms with van der Waals surface area (Å²) in [5, 5.41) is 6.56. The SMILES string of the molecule is COc1cc(CN[C@H](C)c2cc(=O)n3[nH]c(C(C)(C)C)cc3n2)cc(OC)c1OC. The molecule has 0 aliphatic carbocycles. The standard InChI is InChI=1S/C22H30N4O4/c1-13(23-12-14-8-16(28-5)21(30-7)17(9-14)29-6)15-10-20(27)26-19(24-15)11-18(25-26)22(2,3)4/h8-11,13,23,25H,12H2,1-7H3/t13-/m1/s1. The molecule has 0 saturated heterocycles. The van der Waals surface area contributed by atoms with E-state index in [0.717, 1.165) is 11.3 Å². The topological polar surface area (TPSA) is 89.9 Å². The molecule has 0 bridgehead atoms. The Morgan fingerprint density at radius 1 is 1.07 bits per heavy atom. The lowest BCUT2D eigenvalue weighted by molar-refractivity contribution is 0.323. The molecule has 0 fully saturated rings. The third-order valence-corrected chi connectivity index (χ3v) is 5.06. The highest BCUT2D eigenvalue weighted by molar-refractivity contribution is 5.53. The first kappa shape index (κ1) is 21.7. The van der Waals surface area contributed by atoms with Gasteiger partial charge in [0.1, 0.15) is 0 Å². The summed E-state index contributed by atoms with van der Waals surface area (Å²) in [6, 6.07) is 7.15. The van der Waals surface area contributed by atoms with Gasteiger partial charge in [-0.15, -0.1) is 0 Å². The van der Waals surface area contributed by atoms with Crippen LogP contribution >= 0.6 is 0 Å². The van der Waals surface area contributed by atoms with Gasteiger partial charge in [0.05, 0.1) is 27.0 Å². The minimum atomic E-state index is -0.132. The molecule has 1 aromatic carbocycles. The zero-order valence-corrected chi connectivity index (χ0v) is 18.6. The van der Waals surface area contributed by atoms with Crippen molar-refractivity contribution >= 4 is 5.65 Å². The molecule has 162 valence electrons. The Balaban J connectivity index is 1.83. The summed E-state index contributed by atoms with van der Waals surface area (Å²) in [6.07, 6.45) is 0. The fourth-order valence-corrected chi connectivity index (χ4v) is 3.23. The van der Waals surface area contributed by atoms with Crippen LogP contribution in [0.4, 0.5) is 0 Å². The first-order chi connectivity index (χ1) is 14.2. The minimum Gasteiger partial charge on any atom is -0.493 e. The molecule has 0 amide bonds. The summed E-state index contributed by atoms with van der Waals surface area (Å²) >= 11 is 0. The number of hydrogen-bond acceptors (Lipinski definition) is 6. The van der Waals surface area contributed by atoms with Crippen LogP contribution in [0.3, 0.4) is 0 Å². The Labute approximate surface area is 176 Å². The molecule has 2 heterocycles. The van der Waals surface area contributed by atoms with Crippen molar-refractivity contribution in [3.8, 4) is 17.2 Å². The molecule has 2 N–H and O–H groups in total. The van der Waals surface area contributed by atoms with Crippen LogP contribution in [0.15, 0.2) is 29.1 Å². The number of H-pyrrole nitrogens is 1. The number of aromatic nitrogens is 3. The van der Waals surface area contributed by atoms with Crippen LogP contribution in [0.25, 0.3) is 5.65 Å². The fraction of sp³-hybridized carbons (Fsp3) is 0.455. The number of ether oxygens (including phenoxy) is 3. The molecule has 0 aliphatic heterocycles. The van der Waals surface area contributed by atoms with E-state index in [-0.39, 0.29) is 17.0 Å². The molecule has 2 aromatic heterocycles. The summed E-state index contributed by atoms with van der Waals surface area (Å²) in [5.74, 6) is 1.75. The monoisotopic (exact) mass is 414 g/mol. The Kier molecular flexibility index (Phi) is 6.07. The Hall–Kier alpha value is -3.00. The van der Waals surface area contributed by atoms with Crippen molar-refractivity contribution in [3.05, 3.63) is 51.6 Å². The molecular formula is C22H30N4O4. The van der Waals surface area contributed by atoms with Gasteiger partial charge >= 0.3 is 0 Å². The van der Waals surface area contributed by atoms with E-state index in [2.05, 4.69) is 36.2 Å². The van der Waals surface area contributed by atoms with Gasteiger partial charge in [0.15, 0.2) is 17.1 Å². The molecule has 0 saturated carbocycles. The van der Waals surface area contributed by atoms with Crippen molar-refractivity contribution in [2.45, 2.75) is 45.7 Å². The maximum absolute atomic E-state index is 12.6. The van der Waals surface area contributed by atoms with Gasteiger partial charge in [-0.1, -0.05) is 20.8 Å². The van der Waals surface area contributed by atoms with E-state index < -0.39 is 0 Å². The van der Waals surface area contributed by atoms with Crippen LogP contribution in [0.1, 0.15) is 50.7 Å². The molecule has 30 heavy (non-hydrogen) atoms. The molecule has 3 rings (SSSR count). The first-order valence-electron chi connectivity index (χ1n) is 9.83. The molecule has 0 radical (unpaired) electrons. The van der Waals surface area contributed by atoms with Gasteiger partial charge in [0.2, 0.25) is 5.75 Å². The highest BCUT2D eigenvalue weighted by Crippen LogP contribution is 2.38. The maximum Gasteiger partial charge on any atom is 0.272 e. The molecule has 8 nitrogen and oxygen atoms in total. The molecule has 3 aromatic rings. The number of aromatic amines is 1. The fourth-order valence-electron chi connectivity index (χ4n) is 3.23. The van der Waals surface area contributed by atoms with Crippen LogP contribution in [-0.2, 0) is 12.0 Å². The summed E-state index contributed by atoms with van der Waals surface area (Å²) in [7, 11) is 4.76. The largest absolute Gasteiger partial charge is 0.493 e. The van der Waals surface area contributed by atoms with E-state index in [1.165, 1.54) is 4.52 Å². The van der Waals surface area contributed by atoms with Gasteiger partial charge in [-0.3, -0.25) is 9.89 Å². The highest BCUT2D eigenvalue weighted by atomic mass is 16.5. The van der Waals surface area contributed by atoms with Crippen LogP contribution < -0.4 is 25.1 Å². The van der Waals surface area contributed by atoms with Gasteiger partial charge in [0, 0.05) is 35.8 Å². The van der Waals surface area contributed by atoms with E-state index in [1.807, 2.05) is 25.1 Å². The van der Waals surface area contributed by atoms with Crippen LogP contribution in [0, 0.1) is 0 Å². The van der Waals surface area contributed by atoms with Gasteiger partial charge in [-0.2, -0.15) is 0 Å². The number of fused-ring (bicyclic) bond motifs is 1. The van der Waals surface area contributed by atoms with E-state index in [0.29, 0.717) is 35.1 Å². The van der Waals surface area contributed by atoms with Gasteiger partial charge in [0.25, 0.3) is 5.56 Å². The lowest BCUT2D eigenvalue weighted by atomic mass is 9.93. The molecule has 8 heteroatoms. The average molecular weight is 415 g/mol. The lowest BCUT2D eigenvalue weighted by Gasteiger charge is -2.16. The normalized spacial score (nSPS) is 12.8. The Morgan fingerprint density at radius 2 is 1.70 bits per heavy atom. The molecular weight excluding hydrogens is 384 g/mol. The van der Waals surface area contributed by atoms with E-state index in [1.54, 1.807) is 27.4 Å². The van der Waals surface area contributed by atoms with E-state index in [9.17, 15) is 4.79 Å². The van der Waals surface area contributed by atoms with Crippen molar-refractivity contribution in [2.24, 2.45) is 0 Å². The number of nitrogens with one attached hydrogen (secondary N) is 2. The van der Waals surface area contributed by atoms with Gasteiger partial charge < -0.3 is 19.5 Å². The second-order valence-electron chi connectivity index (χ2n) is 8.27. The van der Waals surface area contributed by atoms with Crippen LogP contribution in [0.5, 0.6) is 17.2 Å². The summed E-state index contributed by atoms with van der Waals surface area (Å²) in [4.78, 5) is 17.3. The lowest BCUT2D eigenvalue weighted by Crippen LogP contribution is -2.23. The predicted molar refractivity (Wildman–Crippen MR) is 116 cm³/mol. The number of nitrogens with zero attached hydrogens (tertiary/aromatic N) is 2. The molecule has 1 atom stereocenters. The molecule has 0 unspecified atom stereocenters. The average Bonchev–Trinajstić information content (AvgIpc) is 3.16. The van der Waals surface area contributed by atoms with Crippen molar-refractivity contribution in [1.82, 2.24) is 19.9 Å². The predicted octanol–water partition coefficient (Wildman–Crippen LogP) is 3.20. The number of benzene rings is 1. The smallest absolute Gasteiger partial charge is 0.272 e. The van der Waals surface area contributed by atoms with Gasteiger partial charge in [-0.05, 0) is 24.6 Å².